The maximum Gasteiger partial charge on any atom is 0.327 e. The van der Waals surface area contributed by atoms with Gasteiger partial charge in [-0.15, -0.1) is 12.4 Å². The average molecular weight is 183 g/mol. The number of hydrogen-bond acceptors (Lipinski definition) is 4. The van der Waals surface area contributed by atoms with E-state index in [1.54, 1.807) is 20.8 Å². The van der Waals surface area contributed by atoms with Crippen LogP contribution >= 0.6 is 12.4 Å². The summed E-state index contributed by atoms with van der Waals surface area (Å²) in [5.41, 5.74) is 1.57. The molecule has 3 N–H and O–H groups in total. The molecule has 0 rings (SSSR count). The van der Waals surface area contributed by atoms with Crippen molar-refractivity contribution in [1.29, 1.82) is 0 Å². The van der Waals surface area contributed by atoms with Crippen LogP contribution in [-0.4, -0.2) is 18.1 Å². The van der Waals surface area contributed by atoms with Crippen molar-refractivity contribution >= 4 is 18.4 Å². The third-order valence-electron chi connectivity index (χ3n) is 1.15. The quantitative estimate of drug-likeness (QED) is 0.372. The molecule has 0 amide bonds. The lowest BCUT2D eigenvalue weighted by Crippen LogP contribution is -2.51. The zero-order chi connectivity index (χ0) is 8.20. The summed E-state index contributed by atoms with van der Waals surface area (Å²) in [6.45, 7) is 5.45. The Bertz CT molecular complexity index is 128. The predicted octanol–water partition coefficient (Wildman–Crippen LogP) is 0.213. The average Bonchev–Trinajstić information content (AvgIpc) is 1.89. The molecule has 11 heavy (non-hydrogen) atoms. The molecule has 0 heterocycles. The van der Waals surface area contributed by atoms with E-state index in [0.717, 1.165) is 0 Å². The summed E-state index contributed by atoms with van der Waals surface area (Å²) in [6, 6.07) is 0. The minimum atomic E-state index is -0.782. The van der Waals surface area contributed by atoms with Crippen molar-refractivity contribution in [2.45, 2.75) is 26.3 Å². The standard InChI is InChI=1S/C6H14N2O2.ClH/c1-4-10-5(9)6(2,3)8-7;/h8H,4,7H2,1-3H3;1H. The lowest BCUT2D eigenvalue weighted by Gasteiger charge is -2.20. The first-order valence-electron chi connectivity index (χ1n) is 3.19. The lowest BCUT2D eigenvalue weighted by molar-refractivity contribution is -0.149. The molecule has 0 fully saturated rings. The number of rotatable bonds is 3. The van der Waals surface area contributed by atoms with Gasteiger partial charge in [-0.2, -0.15) is 0 Å². The molecule has 0 bridgehead atoms. The number of halogens is 1. The fraction of sp³-hybridized carbons (Fsp3) is 0.833. The van der Waals surface area contributed by atoms with Crippen LogP contribution in [0.2, 0.25) is 0 Å². The fourth-order valence-corrected chi connectivity index (χ4v) is 0.370. The molecule has 0 aromatic rings. The van der Waals surface area contributed by atoms with Crippen LogP contribution in [0.3, 0.4) is 0 Å². The molecule has 0 aromatic heterocycles. The van der Waals surface area contributed by atoms with E-state index in [1.165, 1.54) is 0 Å². The normalized spacial score (nSPS) is 10.2. The van der Waals surface area contributed by atoms with Gasteiger partial charge in [-0.05, 0) is 20.8 Å². The van der Waals surface area contributed by atoms with E-state index in [0.29, 0.717) is 6.61 Å². The summed E-state index contributed by atoms with van der Waals surface area (Å²) >= 11 is 0. The lowest BCUT2D eigenvalue weighted by atomic mass is 10.1. The number of nitrogens with one attached hydrogen (secondary N) is 1. The highest BCUT2D eigenvalue weighted by atomic mass is 35.5. The van der Waals surface area contributed by atoms with E-state index in [1.807, 2.05) is 0 Å². The summed E-state index contributed by atoms with van der Waals surface area (Å²) in [5, 5.41) is 0. The van der Waals surface area contributed by atoms with E-state index in [2.05, 4.69) is 5.43 Å². The first kappa shape index (κ1) is 13.3. The van der Waals surface area contributed by atoms with Gasteiger partial charge in [0.15, 0.2) is 0 Å². The van der Waals surface area contributed by atoms with Crippen LogP contribution in [0.15, 0.2) is 0 Å². The highest BCUT2D eigenvalue weighted by Gasteiger charge is 2.26. The summed E-state index contributed by atoms with van der Waals surface area (Å²) < 4.78 is 4.72. The van der Waals surface area contributed by atoms with Gasteiger partial charge in [-0.25, -0.2) is 5.43 Å². The van der Waals surface area contributed by atoms with Crippen molar-refractivity contribution in [1.82, 2.24) is 5.43 Å². The van der Waals surface area contributed by atoms with Crippen molar-refractivity contribution in [3.63, 3.8) is 0 Å². The zero-order valence-electron chi connectivity index (χ0n) is 7.01. The third kappa shape index (κ3) is 4.19. The third-order valence-corrected chi connectivity index (χ3v) is 1.15. The van der Waals surface area contributed by atoms with Crippen LogP contribution in [0.5, 0.6) is 0 Å². The van der Waals surface area contributed by atoms with Gasteiger partial charge in [0.05, 0.1) is 6.61 Å². The maximum atomic E-state index is 10.9. The van der Waals surface area contributed by atoms with Crippen molar-refractivity contribution in [3.8, 4) is 0 Å². The largest absolute Gasteiger partial charge is 0.465 e. The first-order chi connectivity index (χ1) is 4.54. The molecule has 0 aromatic carbocycles. The Morgan fingerprint density at radius 2 is 2.09 bits per heavy atom. The van der Waals surface area contributed by atoms with E-state index in [9.17, 15) is 4.79 Å². The fourth-order valence-electron chi connectivity index (χ4n) is 0.370. The Morgan fingerprint density at radius 3 is 2.36 bits per heavy atom. The van der Waals surface area contributed by atoms with Gasteiger partial charge < -0.3 is 4.74 Å². The second-order valence-corrected chi connectivity index (χ2v) is 2.49. The zero-order valence-corrected chi connectivity index (χ0v) is 7.83. The van der Waals surface area contributed by atoms with E-state index in [-0.39, 0.29) is 18.4 Å². The summed E-state index contributed by atoms with van der Waals surface area (Å²) in [5.74, 6) is 4.75. The Balaban J connectivity index is 0. The van der Waals surface area contributed by atoms with Crippen LogP contribution in [-0.2, 0) is 9.53 Å². The molecule has 0 radical (unpaired) electrons. The molecule has 0 spiro atoms. The van der Waals surface area contributed by atoms with Gasteiger partial charge in [0.25, 0.3) is 0 Å². The smallest absolute Gasteiger partial charge is 0.327 e. The highest BCUT2D eigenvalue weighted by molar-refractivity contribution is 5.85. The van der Waals surface area contributed by atoms with Gasteiger partial charge in [0.1, 0.15) is 5.54 Å². The molecule has 0 unspecified atom stereocenters. The van der Waals surface area contributed by atoms with Gasteiger partial charge in [-0.3, -0.25) is 10.6 Å². The SMILES string of the molecule is CCOC(=O)C(C)(C)NN.Cl. The van der Waals surface area contributed by atoms with Gasteiger partial charge >= 0.3 is 5.97 Å². The first-order valence-corrected chi connectivity index (χ1v) is 3.19. The van der Waals surface area contributed by atoms with E-state index in [4.69, 9.17) is 10.6 Å². The topological polar surface area (TPSA) is 64.3 Å². The van der Waals surface area contributed by atoms with Crippen LogP contribution < -0.4 is 11.3 Å². The molecule has 68 valence electrons. The summed E-state index contributed by atoms with van der Waals surface area (Å²) in [6.07, 6.45) is 0. The number of ether oxygens (including phenoxy) is 1. The number of carbonyl (C=O) groups excluding carboxylic acids is 1. The second-order valence-electron chi connectivity index (χ2n) is 2.49. The molecule has 4 nitrogen and oxygen atoms in total. The molecule has 5 heteroatoms. The minimum absolute atomic E-state index is 0. The van der Waals surface area contributed by atoms with Crippen molar-refractivity contribution in [3.05, 3.63) is 0 Å². The molecule has 0 atom stereocenters. The Labute approximate surface area is 72.9 Å². The number of carbonyl (C=O) groups is 1. The van der Waals surface area contributed by atoms with Gasteiger partial charge in [0, 0.05) is 0 Å². The van der Waals surface area contributed by atoms with Crippen molar-refractivity contribution in [2.24, 2.45) is 5.84 Å². The van der Waals surface area contributed by atoms with E-state index >= 15 is 0 Å². The number of hydrazine groups is 1. The van der Waals surface area contributed by atoms with Gasteiger partial charge in [0.2, 0.25) is 0 Å². The molecular formula is C6H15ClN2O2. The van der Waals surface area contributed by atoms with Crippen LogP contribution in [0.25, 0.3) is 0 Å². The second kappa shape index (κ2) is 5.35. The molecule has 0 aliphatic heterocycles. The molecule has 0 aliphatic carbocycles. The number of nitrogens with two attached hydrogens (primary N) is 1. The molecule has 0 aliphatic rings. The Kier molecular flexibility index (Phi) is 6.46. The number of hydrogen-bond donors (Lipinski definition) is 2. The predicted molar refractivity (Wildman–Crippen MR) is 45.3 cm³/mol. The minimum Gasteiger partial charge on any atom is -0.465 e. The Morgan fingerprint density at radius 1 is 1.64 bits per heavy atom. The van der Waals surface area contributed by atoms with Crippen molar-refractivity contribution in [2.75, 3.05) is 6.61 Å². The van der Waals surface area contributed by atoms with Crippen LogP contribution in [0, 0.1) is 0 Å². The van der Waals surface area contributed by atoms with Crippen LogP contribution in [0.4, 0.5) is 0 Å². The van der Waals surface area contributed by atoms with E-state index < -0.39 is 5.54 Å². The number of esters is 1. The van der Waals surface area contributed by atoms with Crippen molar-refractivity contribution < 1.29 is 9.53 Å². The summed E-state index contributed by atoms with van der Waals surface area (Å²) in [4.78, 5) is 10.9. The molecule has 0 saturated heterocycles. The maximum absolute atomic E-state index is 10.9. The monoisotopic (exact) mass is 182 g/mol. The highest BCUT2D eigenvalue weighted by Crippen LogP contribution is 2.01. The molecular weight excluding hydrogens is 168 g/mol. The Hall–Kier alpha value is -0.320. The molecule has 0 saturated carbocycles. The summed E-state index contributed by atoms with van der Waals surface area (Å²) in [7, 11) is 0. The van der Waals surface area contributed by atoms with Crippen LogP contribution in [0.1, 0.15) is 20.8 Å². The van der Waals surface area contributed by atoms with Gasteiger partial charge in [-0.1, -0.05) is 0 Å².